The highest BCUT2D eigenvalue weighted by Gasteiger charge is 2.16. The Kier molecular flexibility index (Phi) is 4.57. The summed E-state index contributed by atoms with van der Waals surface area (Å²) < 4.78 is 0. The standard InChI is InChI=1S/C16H17N5O2S/c1-9(6-11-7-10(2)20-21-11)18-15(22)12-8-17-14(19-16(12)23)13-4-3-5-24-13/h3-5,7-9H,6H2,1-2H3,(H,18,22)(H,20,21)(H,17,19,23). The predicted molar refractivity (Wildman–Crippen MR) is 92.1 cm³/mol. The highest BCUT2D eigenvalue weighted by Crippen LogP contribution is 2.19. The molecule has 3 heterocycles. The first kappa shape index (κ1) is 16.1. The lowest BCUT2D eigenvalue weighted by molar-refractivity contribution is 0.0938. The Labute approximate surface area is 142 Å². The molecule has 7 nitrogen and oxygen atoms in total. The van der Waals surface area contributed by atoms with Gasteiger partial charge < -0.3 is 10.3 Å². The van der Waals surface area contributed by atoms with Gasteiger partial charge in [0.15, 0.2) is 0 Å². The summed E-state index contributed by atoms with van der Waals surface area (Å²) in [5, 5.41) is 11.7. The van der Waals surface area contributed by atoms with Crippen LogP contribution in [0.4, 0.5) is 0 Å². The van der Waals surface area contributed by atoms with E-state index in [9.17, 15) is 9.59 Å². The number of carbonyl (C=O) groups excluding carboxylic acids is 1. The molecule has 0 fully saturated rings. The van der Waals surface area contributed by atoms with Gasteiger partial charge in [0.2, 0.25) is 0 Å². The Hall–Kier alpha value is -2.74. The first-order valence-corrected chi connectivity index (χ1v) is 8.36. The Balaban J connectivity index is 1.69. The van der Waals surface area contributed by atoms with Gasteiger partial charge in [0, 0.05) is 24.4 Å². The second kappa shape index (κ2) is 6.79. The smallest absolute Gasteiger partial charge is 0.264 e. The Morgan fingerprint density at radius 1 is 1.46 bits per heavy atom. The molecular weight excluding hydrogens is 326 g/mol. The zero-order chi connectivity index (χ0) is 17.1. The van der Waals surface area contributed by atoms with Crippen molar-refractivity contribution in [2.24, 2.45) is 0 Å². The van der Waals surface area contributed by atoms with Crippen LogP contribution >= 0.6 is 11.3 Å². The van der Waals surface area contributed by atoms with E-state index in [4.69, 9.17) is 0 Å². The summed E-state index contributed by atoms with van der Waals surface area (Å²) in [5.41, 5.74) is 1.38. The van der Waals surface area contributed by atoms with Crippen LogP contribution in [0.3, 0.4) is 0 Å². The lowest BCUT2D eigenvalue weighted by Crippen LogP contribution is -2.37. The van der Waals surface area contributed by atoms with Gasteiger partial charge >= 0.3 is 0 Å². The van der Waals surface area contributed by atoms with Crippen LogP contribution in [0.1, 0.15) is 28.7 Å². The number of carbonyl (C=O) groups is 1. The largest absolute Gasteiger partial charge is 0.349 e. The number of aromatic nitrogens is 4. The fourth-order valence-corrected chi connectivity index (χ4v) is 3.02. The maximum Gasteiger partial charge on any atom is 0.264 e. The number of nitrogens with zero attached hydrogens (tertiary/aromatic N) is 2. The molecule has 0 radical (unpaired) electrons. The Bertz CT molecular complexity index is 897. The molecule has 0 aliphatic carbocycles. The quantitative estimate of drug-likeness (QED) is 0.658. The zero-order valence-corrected chi connectivity index (χ0v) is 14.1. The molecule has 3 N–H and O–H groups in total. The van der Waals surface area contributed by atoms with Crippen molar-refractivity contribution in [1.29, 1.82) is 0 Å². The zero-order valence-electron chi connectivity index (χ0n) is 13.3. The van der Waals surface area contributed by atoms with Gasteiger partial charge in [0.1, 0.15) is 11.4 Å². The van der Waals surface area contributed by atoms with Gasteiger partial charge in [-0.25, -0.2) is 4.98 Å². The molecule has 0 bridgehead atoms. The summed E-state index contributed by atoms with van der Waals surface area (Å²) in [6, 6.07) is 5.50. The highest BCUT2D eigenvalue weighted by molar-refractivity contribution is 7.13. The van der Waals surface area contributed by atoms with E-state index in [1.54, 1.807) is 0 Å². The van der Waals surface area contributed by atoms with Crippen molar-refractivity contribution in [3.05, 3.63) is 57.1 Å². The molecule has 3 aromatic rings. The number of rotatable bonds is 5. The van der Waals surface area contributed by atoms with Crippen LogP contribution in [0.25, 0.3) is 10.7 Å². The lowest BCUT2D eigenvalue weighted by atomic mass is 10.1. The minimum Gasteiger partial charge on any atom is -0.349 e. The van der Waals surface area contributed by atoms with Crippen LogP contribution in [0.5, 0.6) is 0 Å². The van der Waals surface area contributed by atoms with Crippen molar-refractivity contribution in [2.45, 2.75) is 26.3 Å². The van der Waals surface area contributed by atoms with Gasteiger partial charge in [-0.3, -0.25) is 14.7 Å². The van der Waals surface area contributed by atoms with Crippen molar-refractivity contribution in [3.8, 4) is 10.7 Å². The Morgan fingerprint density at radius 2 is 2.29 bits per heavy atom. The molecule has 1 amide bonds. The van der Waals surface area contributed by atoms with Crippen molar-refractivity contribution in [1.82, 2.24) is 25.5 Å². The summed E-state index contributed by atoms with van der Waals surface area (Å²) >= 11 is 1.47. The highest BCUT2D eigenvalue weighted by atomic mass is 32.1. The summed E-state index contributed by atoms with van der Waals surface area (Å²) in [5.74, 6) is 0.0211. The van der Waals surface area contributed by atoms with Gasteiger partial charge in [-0.2, -0.15) is 5.10 Å². The third-order valence-corrected chi connectivity index (χ3v) is 4.33. The van der Waals surface area contributed by atoms with Crippen molar-refractivity contribution < 1.29 is 4.79 Å². The molecule has 3 aromatic heterocycles. The monoisotopic (exact) mass is 343 g/mol. The molecular formula is C16H17N5O2S. The molecule has 8 heteroatoms. The number of aromatic amines is 2. The number of hydrogen-bond acceptors (Lipinski definition) is 5. The number of thiophene rings is 1. The van der Waals surface area contributed by atoms with Gasteiger partial charge in [-0.05, 0) is 31.4 Å². The second-order valence-corrected chi connectivity index (χ2v) is 6.52. The van der Waals surface area contributed by atoms with Gasteiger partial charge in [-0.1, -0.05) is 6.07 Å². The molecule has 0 saturated heterocycles. The fraction of sp³-hybridized carbons (Fsp3) is 0.250. The Morgan fingerprint density at radius 3 is 2.92 bits per heavy atom. The predicted octanol–water partition coefficient (Wildman–Crippen LogP) is 1.89. The molecule has 3 rings (SSSR count). The van der Waals surface area contributed by atoms with E-state index >= 15 is 0 Å². The minimum absolute atomic E-state index is 0.000337. The van der Waals surface area contributed by atoms with E-state index in [-0.39, 0.29) is 11.6 Å². The summed E-state index contributed by atoms with van der Waals surface area (Å²) in [4.78, 5) is 32.1. The molecule has 1 atom stereocenters. The van der Waals surface area contributed by atoms with E-state index in [1.165, 1.54) is 17.5 Å². The van der Waals surface area contributed by atoms with Crippen molar-refractivity contribution in [2.75, 3.05) is 0 Å². The first-order chi connectivity index (χ1) is 11.5. The number of H-pyrrole nitrogens is 2. The number of hydrogen-bond donors (Lipinski definition) is 3. The van der Waals surface area contributed by atoms with E-state index in [0.717, 1.165) is 16.3 Å². The maximum atomic E-state index is 12.3. The molecule has 0 spiro atoms. The molecule has 1 unspecified atom stereocenters. The number of aryl methyl sites for hydroxylation is 1. The third kappa shape index (κ3) is 3.60. The molecule has 0 aromatic carbocycles. The average Bonchev–Trinajstić information content (AvgIpc) is 3.18. The molecule has 24 heavy (non-hydrogen) atoms. The second-order valence-electron chi connectivity index (χ2n) is 5.57. The molecule has 0 aliphatic rings. The average molecular weight is 343 g/mol. The molecule has 0 saturated carbocycles. The third-order valence-electron chi connectivity index (χ3n) is 3.45. The van der Waals surface area contributed by atoms with Crippen LogP contribution in [-0.4, -0.2) is 32.1 Å². The van der Waals surface area contributed by atoms with E-state index in [0.29, 0.717) is 12.2 Å². The minimum atomic E-state index is -0.450. The van der Waals surface area contributed by atoms with Crippen LogP contribution in [-0.2, 0) is 6.42 Å². The van der Waals surface area contributed by atoms with Gasteiger partial charge in [-0.15, -0.1) is 11.3 Å². The molecule has 124 valence electrons. The lowest BCUT2D eigenvalue weighted by Gasteiger charge is -2.12. The normalized spacial score (nSPS) is 12.1. The van der Waals surface area contributed by atoms with Crippen molar-refractivity contribution in [3.63, 3.8) is 0 Å². The fourth-order valence-electron chi connectivity index (χ4n) is 2.34. The topological polar surface area (TPSA) is 104 Å². The molecule has 0 aliphatic heterocycles. The summed E-state index contributed by atoms with van der Waals surface area (Å²) in [6.07, 6.45) is 1.89. The first-order valence-electron chi connectivity index (χ1n) is 7.48. The summed E-state index contributed by atoms with van der Waals surface area (Å²) in [6.45, 7) is 3.78. The number of nitrogens with one attached hydrogen (secondary N) is 3. The van der Waals surface area contributed by atoms with Crippen LogP contribution in [0, 0.1) is 6.92 Å². The van der Waals surface area contributed by atoms with E-state index in [1.807, 2.05) is 37.4 Å². The summed E-state index contributed by atoms with van der Waals surface area (Å²) in [7, 11) is 0. The number of amides is 1. The maximum absolute atomic E-state index is 12.3. The SMILES string of the molecule is Cc1cc(CC(C)NC(=O)c2cnc(-c3cccs3)[nH]c2=O)n[nH]1. The van der Waals surface area contributed by atoms with Crippen molar-refractivity contribution >= 4 is 17.2 Å². The van der Waals surface area contributed by atoms with E-state index < -0.39 is 11.5 Å². The van der Waals surface area contributed by atoms with Crippen LogP contribution in [0.15, 0.2) is 34.6 Å². The van der Waals surface area contributed by atoms with E-state index in [2.05, 4.69) is 25.5 Å². The van der Waals surface area contributed by atoms with Crippen LogP contribution < -0.4 is 10.9 Å². The van der Waals surface area contributed by atoms with Gasteiger partial charge in [0.05, 0.1) is 10.6 Å². The van der Waals surface area contributed by atoms with Crippen LogP contribution in [0.2, 0.25) is 0 Å². The van der Waals surface area contributed by atoms with Gasteiger partial charge in [0.25, 0.3) is 11.5 Å².